The molecule has 0 saturated carbocycles. The summed E-state index contributed by atoms with van der Waals surface area (Å²) in [6.07, 6.45) is 3.74. The van der Waals surface area contributed by atoms with Crippen molar-refractivity contribution in [3.05, 3.63) is 37.2 Å². The maximum atomic E-state index is 12.2. The monoisotopic (exact) mass is 477 g/mol. The number of carboxylic acid groups (broad SMARTS) is 1. The van der Waals surface area contributed by atoms with E-state index in [9.17, 15) is 14.7 Å². The summed E-state index contributed by atoms with van der Waals surface area (Å²) in [7, 11) is 0. The molecule has 0 saturated heterocycles. The van der Waals surface area contributed by atoms with Gasteiger partial charge in [0.2, 0.25) is 5.91 Å². The summed E-state index contributed by atoms with van der Waals surface area (Å²) in [5.41, 5.74) is 1.59. The van der Waals surface area contributed by atoms with E-state index in [0.29, 0.717) is 0 Å². The fourth-order valence-electron chi connectivity index (χ4n) is 2.12. The number of nitrogens with one attached hydrogen (secondary N) is 1. The minimum Gasteiger partial charge on any atom is -0.480 e. The van der Waals surface area contributed by atoms with E-state index in [1.165, 1.54) is 11.3 Å². The molecule has 1 amide bonds. The zero-order chi connectivity index (χ0) is 17.9. The van der Waals surface area contributed by atoms with Crippen LogP contribution in [-0.4, -0.2) is 32.8 Å². The third-order valence-corrected chi connectivity index (χ3v) is 5.80. The molecule has 2 heterocycles. The summed E-state index contributed by atoms with van der Waals surface area (Å²) in [5, 5.41) is 16.1. The van der Waals surface area contributed by atoms with Crippen LogP contribution in [0, 0.1) is 0 Å². The number of thiophene rings is 1. The molecule has 0 fully saturated rings. The number of carbonyl (C=O) groups is 2. The van der Waals surface area contributed by atoms with Gasteiger partial charge >= 0.3 is 5.97 Å². The number of rotatable bonds is 7. The van der Waals surface area contributed by atoms with E-state index < -0.39 is 12.0 Å². The van der Waals surface area contributed by atoms with Gasteiger partial charge in [0.15, 0.2) is 0 Å². The normalized spacial score (nSPS) is 12.4. The third kappa shape index (κ3) is 5.15. The Kier molecular flexibility index (Phi) is 6.59. The van der Waals surface area contributed by atoms with E-state index in [0.717, 1.165) is 18.7 Å². The van der Waals surface area contributed by atoms with E-state index in [2.05, 4.69) is 42.3 Å². The molecule has 2 rings (SSSR count). The molecular weight excluding hydrogens is 462 g/mol. The van der Waals surface area contributed by atoms with Gasteiger partial charge in [0.25, 0.3) is 0 Å². The number of hydrogen-bond donors (Lipinski definition) is 2. The van der Waals surface area contributed by atoms with Crippen molar-refractivity contribution in [1.82, 2.24) is 15.1 Å². The summed E-state index contributed by atoms with van der Waals surface area (Å²) in [4.78, 5) is 23.6. The number of carboxylic acids is 1. The lowest BCUT2D eigenvalue weighted by Crippen LogP contribution is -2.43. The first-order chi connectivity index (χ1) is 11.3. The molecule has 24 heavy (non-hydrogen) atoms. The van der Waals surface area contributed by atoms with Gasteiger partial charge in [-0.15, -0.1) is 11.3 Å². The van der Waals surface area contributed by atoms with Crippen LogP contribution in [0.1, 0.15) is 31.0 Å². The Morgan fingerprint density at radius 3 is 2.62 bits per heavy atom. The van der Waals surface area contributed by atoms with Crippen LogP contribution >= 0.6 is 43.2 Å². The first-order valence-electron chi connectivity index (χ1n) is 7.25. The summed E-state index contributed by atoms with van der Waals surface area (Å²) in [5.74, 6) is -1.40. The van der Waals surface area contributed by atoms with Gasteiger partial charge in [-0.1, -0.05) is 0 Å². The number of aromatic nitrogens is 2. The van der Waals surface area contributed by atoms with Crippen molar-refractivity contribution in [2.24, 2.45) is 0 Å². The molecule has 2 aromatic heterocycles. The van der Waals surface area contributed by atoms with Crippen molar-refractivity contribution >= 4 is 55.1 Å². The van der Waals surface area contributed by atoms with Gasteiger partial charge in [-0.05, 0) is 62.9 Å². The van der Waals surface area contributed by atoms with Crippen LogP contribution in [-0.2, 0) is 22.4 Å². The predicted octanol–water partition coefficient (Wildman–Crippen LogP) is 3.41. The molecule has 0 aliphatic rings. The van der Waals surface area contributed by atoms with Gasteiger partial charge in [-0.3, -0.25) is 9.48 Å². The van der Waals surface area contributed by atoms with Crippen molar-refractivity contribution in [2.75, 3.05) is 0 Å². The van der Waals surface area contributed by atoms with Gasteiger partial charge in [-0.2, -0.15) is 5.10 Å². The van der Waals surface area contributed by atoms with Gasteiger partial charge < -0.3 is 10.4 Å². The lowest BCUT2D eigenvalue weighted by Gasteiger charge is -2.14. The largest absolute Gasteiger partial charge is 0.480 e. The maximum Gasteiger partial charge on any atom is 0.326 e. The Balaban J connectivity index is 2.00. The molecule has 0 aromatic carbocycles. The molecule has 2 N–H and O–H groups in total. The average molecular weight is 479 g/mol. The zero-order valence-electron chi connectivity index (χ0n) is 13.1. The molecule has 9 heteroatoms. The van der Waals surface area contributed by atoms with Crippen LogP contribution in [0.15, 0.2) is 26.0 Å². The van der Waals surface area contributed by atoms with Gasteiger partial charge in [0.05, 0.1) is 20.2 Å². The minimum atomic E-state index is -1.06. The number of aliphatic carboxylic acids is 1. The molecule has 0 aliphatic heterocycles. The van der Waals surface area contributed by atoms with Gasteiger partial charge in [0, 0.05) is 18.7 Å². The first kappa shape index (κ1) is 19.1. The lowest BCUT2D eigenvalue weighted by molar-refractivity contribution is -0.141. The number of hydrogen-bond acceptors (Lipinski definition) is 4. The smallest absolute Gasteiger partial charge is 0.326 e. The topological polar surface area (TPSA) is 84.2 Å². The lowest BCUT2D eigenvalue weighted by atomic mass is 10.1. The zero-order valence-corrected chi connectivity index (χ0v) is 17.1. The highest BCUT2D eigenvalue weighted by Gasteiger charge is 2.22. The first-order valence-corrected chi connectivity index (χ1v) is 9.65. The molecule has 0 spiro atoms. The highest BCUT2D eigenvalue weighted by Crippen LogP contribution is 2.32. The molecule has 0 radical (unpaired) electrons. The van der Waals surface area contributed by atoms with Crippen molar-refractivity contribution < 1.29 is 14.7 Å². The third-order valence-electron chi connectivity index (χ3n) is 3.33. The second-order valence-electron chi connectivity index (χ2n) is 5.61. The Morgan fingerprint density at radius 1 is 1.42 bits per heavy atom. The molecule has 0 aliphatic carbocycles. The van der Waals surface area contributed by atoms with Crippen LogP contribution in [0.4, 0.5) is 0 Å². The van der Waals surface area contributed by atoms with E-state index >= 15 is 0 Å². The van der Waals surface area contributed by atoms with E-state index in [1.807, 2.05) is 19.9 Å². The Labute approximate surface area is 160 Å². The molecule has 6 nitrogen and oxygen atoms in total. The van der Waals surface area contributed by atoms with Gasteiger partial charge in [-0.25, -0.2) is 4.79 Å². The highest BCUT2D eigenvalue weighted by molar-refractivity contribution is 9.12. The molecular formula is C15H17Br2N3O3S. The quantitative estimate of drug-likeness (QED) is 0.638. The van der Waals surface area contributed by atoms with Gasteiger partial charge in [0.1, 0.15) is 6.04 Å². The SMILES string of the molecule is CC(C)n1cc(CC(=O)NC(Cc2cc(Br)sc2Br)C(=O)O)cn1. The Morgan fingerprint density at radius 2 is 2.12 bits per heavy atom. The molecule has 1 atom stereocenters. The fourth-order valence-corrected chi connectivity index (χ4v) is 4.97. The fraction of sp³-hybridized carbons (Fsp3) is 0.400. The van der Waals surface area contributed by atoms with Crippen molar-refractivity contribution in [3.63, 3.8) is 0 Å². The summed E-state index contributed by atoms with van der Waals surface area (Å²) in [6.45, 7) is 3.99. The van der Waals surface area contributed by atoms with Crippen LogP contribution in [0.2, 0.25) is 0 Å². The molecule has 1 unspecified atom stereocenters. The number of halogens is 2. The molecule has 0 bridgehead atoms. The summed E-state index contributed by atoms with van der Waals surface area (Å²) >= 11 is 8.23. The summed E-state index contributed by atoms with van der Waals surface area (Å²) < 4.78 is 3.52. The van der Waals surface area contributed by atoms with E-state index in [-0.39, 0.29) is 24.8 Å². The Bertz CT molecular complexity index is 742. The van der Waals surface area contributed by atoms with E-state index in [4.69, 9.17) is 0 Å². The van der Waals surface area contributed by atoms with Crippen LogP contribution < -0.4 is 5.32 Å². The van der Waals surface area contributed by atoms with Crippen LogP contribution in [0.5, 0.6) is 0 Å². The standard InChI is InChI=1S/C15H17Br2N3O3S/c1-8(2)20-7-9(6-18-20)3-13(21)19-11(15(22)23)4-10-5-12(16)24-14(10)17/h5-8,11H,3-4H2,1-2H3,(H,19,21)(H,22,23). The van der Waals surface area contributed by atoms with E-state index in [1.54, 1.807) is 17.1 Å². The average Bonchev–Trinajstić information content (AvgIpc) is 3.05. The summed E-state index contributed by atoms with van der Waals surface area (Å²) in [6, 6.07) is 1.09. The second kappa shape index (κ2) is 8.26. The van der Waals surface area contributed by atoms with Crippen molar-refractivity contribution in [3.8, 4) is 0 Å². The number of nitrogens with zero attached hydrogens (tertiary/aromatic N) is 2. The van der Waals surface area contributed by atoms with Crippen molar-refractivity contribution in [1.29, 1.82) is 0 Å². The molecule has 2 aromatic rings. The Hall–Kier alpha value is -1.19. The van der Waals surface area contributed by atoms with Crippen LogP contribution in [0.25, 0.3) is 0 Å². The number of carbonyl (C=O) groups excluding carboxylic acids is 1. The van der Waals surface area contributed by atoms with Crippen molar-refractivity contribution in [2.45, 2.75) is 38.8 Å². The number of amides is 1. The predicted molar refractivity (Wildman–Crippen MR) is 99.3 cm³/mol. The van der Waals surface area contributed by atoms with Crippen LogP contribution in [0.3, 0.4) is 0 Å². The molecule has 130 valence electrons. The second-order valence-corrected chi connectivity index (χ2v) is 9.36. The highest BCUT2D eigenvalue weighted by atomic mass is 79.9. The minimum absolute atomic E-state index is 0.102. The maximum absolute atomic E-state index is 12.2.